The van der Waals surface area contributed by atoms with E-state index in [1.807, 2.05) is 0 Å². The molecule has 0 spiro atoms. The van der Waals surface area contributed by atoms with Crippen molar-refractivity contribution in [3.8, 4) is 0 Å². The van der Waals surface area contributed by atoms with E-state index in [9.17, 15) is 0 Å². The van der Waals surface area contributed by atoms with Crippen molar-refractivity contribution >= 4 is 32.4 Å². The second-order valence-electron chi connectivity index (χ2n) is 5.71. The quantitative estimate of drug-likeness (QED) is 0.523. The zero-order chi connectivity index (χ0) is 15.1. The average Bonchev–Trinajstić information content (AvgIpc) is 2.82. The Labute approximate surface area is 138 Å². The number of aromatic nitrogens is 1. The van der Waals surface area contributed by atoms with Gasteiger partial charge in [0.05, 0.1) is 0 Å². The number of nitrogens with zero attached hydrogens (tertiary/aromatic N) is 1. The second-order valence-corrected chi connectivity index (χ2v) is 6.63. The Morgan fingerprint density at radius 3 is 2.59 bits per heavy atom. The largest absolute Gasteiger partial charge is 0.337 e. The maximum absolute atomic E-state index is 3.52. The van der Waals surface area contributed by atoms with E-state index < -0.39 is 0 Å². The predicted octanol–water partition coefficient (Wildman–Crippen LogP) is 5.80. The van der Waals surface area contributed by atoms with Gasteiger partial charge in [0.25, 0.3) is 0 Å². The highest BCUT2D eigenvalue weighted by atomic mass is 79.9. The van der Waals surface area contributed by atoms with E-state index in [0.717, 1.165) is 11.0 Å². The van der Waals surface area contributed by atoms with Crippen molar-refractivity contribution in [2.24, 2.45) is 0 Å². The van der Waals surface area contributed by atoms with Crippen LogP contribution < -0.4 is 0 Å². The van der Waals surface area contributed by atoms with Crippen molar-refractivity contribution in [3.05, 3.63) is 88.1 Å². The number of halogens is 1. The molecule has 0 aliphatic carbocycles. The van der Waals surface area contributed by atoms with Crippen molar-refractivity contribution in [2.75, 3.05) is 0 Å². The Bertz CT molecular complexity index is 911. The van der Waals surface area contributed by atoms with Gasteiger partial charge in [-0.15, -0.1) is 0 Å². The lowest BCUT2D eigenvalue weighted by Crippen LogP contribution is -2.00. The van der Waals surface area contributed by atoms with Crippen molar-refractivity contribution in [1.29, 1.82) is 0 Å². The SMILES string of the molecule is CC1=CCn2c(cc3ccccc32)C(c2ccc(Br)cc2)=C1. The molecule has 0 amide bonds. The molecule has 0 unspecified atom stereocenters. The number of hydrogen-bond donors (Lipinski definition) is 0. The molecule has 0 N–H and O–H groups in total. The minimum absolute atomic E-state index is 0.922. The molecule has 0 saturated carbocycles. The molecular weight excluding hydrogens is 334 g/mol. The van der Waals surface area contributed by atoms with Gasteiger partial charge < -0.3 is 4.57 Å². The summed E-state index contributed by atoms with van der Waals surface area (Å²) in [4.78, 5) is 0. The van der Waals surface area contributed by atoms with E-state index in [4.69, 9.17) is 0 Å². The van der Waals surface area contributed by atoms with Gasteiger partial charge in [-0.1, -0.05) is 57.9 Å². The van der Waals surface area contributed by atoms with Crippen LogP contribution in [0.3, 0.4) is 0 Å². The molecule has 3 aromatic rings. The monoisotopic (exact) mass is 349 g/mol. The van der Waals surface area contributed by atoms with Crippen LogP contribution in [0.1, 0.15) is 18.2 Å². The topological polar surface area (TPSA) is 4.93 Å². The highest BCUT2D eigenvalue weighted by Gasteiger charge is 2.15. The lowest BCUT2D eigenvalue weighted by atomic mass is 10.0. The highest BCUT2D eigenvalue weighted by molar-refractivity contribution is 9.10. The Morgan fingerprint density at radius 2 is 1.77 bits per heavy atom. The van der Waals surface area contributed by atoms with Gasteiger partial charge in [-0.2, -0.15) is 0 Å². The van der Waals surface area contributed by atoms with Gasteiger partial charge in [-0.05, 0) is 42.8 Å². The summed E-state index contributed by atoms with van der Waals surface area (Å²) >= 11 is 3.52. The predicted molar refractivity (Wildman–Crippen MR) is 96.9 cm³/mol. The highest BCUT2D eigenvalue weighted by Crippen LogP contribution is 2.33. The summed E-state index contributed by atoms with van der Waals surface area (Å²) in [5.41, 5.74) is 6.44. The first kappa shape index (κ1) is 13.6. The fraction of sp³-hybridized carbons (Fsp3) is 0.100. The summed E-state index contributed by atoms with van der Waals surface area (Å²) in [5.74, 6) is 0. The van der Waals surface area contributed by atoms with Crippen LogP contribution in [-0.4, -0.2) is 4.57 Å². The molecule has 2 heterocycles. The first-order valence-electron chi connectivity index (χ1n) is 7.45. The van der Waals surface area contributed by atoms with E-state index >= 15 is 0 Å². The summed E-state index contributed by atoms with van der Waals surface area (Å²) < 4.78 is 3.51. The van der Waals surface area contributed by atoms with Crippen LogP contribution in [0.4, 0.5) is 0 Å². The summed E-state index contributed by atoms with van der Waals surface area (Å²) in [5, 5.41) is 1.30. The van der Waals surface area contributed by atoms with E-state index in [1.165, 1.54) is 33.3 Å². The number of para-hydroxylation sites is 1. The molecule has 22 heavy (non-hydrogen) atoms. The molecule has 0 atom stereocenters. The maximum Gasteiger partial charge on any atom is 0.0500 e. The molecule has 2 aromatic carbocycles. The summed E-state index contributed by atoms with van der Waals surface area (Å²) in [6, 6.07) is 19.5. The molecule has 2 heteroatoms. The number of fused-ring (bicyclic) bond motifs is 3. The Hall–Kier alpha value is -2.06. The van der Waals surface area contributed by atoms with Crippen molar-refractivity contribution in [1.82, 2.24) is 4.57 Å². The van der Waals surface area contributed by atoms with Crippen LogP contribution >= 0.6 is 15.9 Å². The zero-order valence-corrected chi connectivity index (χ0v) is 14.0. The molecule has 1 nitrogen and oxygen atoms in total. The Balaban J connectivity index is 1.98. The number of rotatable bonds is 1. The minimum Gasteiger partial charge on any atom is -0.337 e. The van der Waals surface area contributed by atoms with Gasteiger partial charge in [-0.3, -0.25) is 0 Å². The standard InChI is InChI=1S/C20H16BrN/c1-14-10-11-22-19-5-3-2-4-16(19)13-20(22)18(12-14)15-6-8-17(21)9-7-15/h2-10,12-13H,11H2,1H3. The Morgan fingerprint density at radius 1 is 1.00 bits per heavy atom. The van der Waals surface area contributed by atoms with Gasteiger partial charge in [0, 0.05) is 33.2 Å². The summed E-state index contributed by atoms with van der Waals surface area (Å²) in [6.07, 6.45) is 4.59. The third kappa shape index (κ3) is 2.24. The van der Waals surface area contributed by atoms with E-state index in [1.54, 1.807) is 0 Å². The van der Waals surface area contributed by atoms with Crippen LogP contribution in [0, 0.1) is 0 Å². The molecule has 108 valence electrons. The molecular formula is C20H16BrN. The number of allylic oxidation sites excluding steroid dienone is 3. The molecule has 0 saturated heterocycles. The molecule has 0 fully saturated rings. The van der Waals surface area contributed by atoms with Crippen molar-refractivity contribution < 1.29 is 0 Å². The molecule has 1 aliphatic rings. The van der Waals surface area contributed by atoms with E-state index in [2.05, 4.69) is 94.2 Å². The van der Waals surface area contributed by atoms with Gasteiger partial charge >= 0.3 is 0 Å². The fourth-order valence-electron chi connectivity index (χ4n) is 3.09. The first-order valence-corrected chi connectivity index (χ1v) is 8.25. The maximum atomic E-state index is 3.52. The van der Waals surface area contributed by atoms with Crippen molar-refractivity contribution in [2.45, 2.75) is 13.5 Å². The normalized spacial score (nSPS) is 14.3. The van der Waals surface area contributed by atoms with Crippen LogP contribution in [0.2, 0.25) is 0 Å². The molecule has 1 aliphatic heterocycles. The van der Waals surface area contributed by atoms with Crippen LogP contribution in [-0.2, 0) is 6.54 Å². The summed E-state index contributed by atoms with van der Waals surface area (Å²) in [7, 11) is 0. The average molecular weight is 350 g/mol. The van der Waals surface area contributed by atoms with Gasteiger partial charge in [0.1, 0.15) is 0 Å². The van der Waals surface area contributed by atoms with Crippen LogP contribution in [0.15, 0.2) is 76.8 Å². The second kappa shape index (κ2) is 5.29. The van der Waals surface area contributed by atoms with Crippen LogP contribution in [0.5, 0.6) is 0 Å². The molecule has 0 bridgehead atoms. The molecule has 1 aromatic heterocycles. The Kier molecular flexibility index (Phi) is 3.27. The zero-order valence-electron chi connectivity index (χ0n) is 12.4. The van der Waals surface area contributed by atoms with E-state index in [-0.39, 0.29) is 0 Å². The minimum atomic E-state index is 0.922. The smallest absolute Gasteiger partial charge is 0.0500 e. The number of hydrogen-bond acceptors (Lipinski definition) is 0. The number of benzene rings is 2. The lowest BCUT2D eigenvalue weighted by molar-refractivity contribution is 0.850. The fourth-order valence-corrected chi connectivity index (χ4v) is 3.35. The third-order valence-electron chi connectivity index (χ3n) is 4.21. The van der Waals surface area contributed by atoms with Crippen LogP contribution in [0.25, 0.3) is 16.5 Å². The lowest BCUT2D eigenvalue weighted by Gasteiger charge is -2.10. The molecule has 4 rings (SSSR count). The summed E-state index contributed by atoms with van der Waals surface area (Å²) in [6.45, 7) is 3.10. The van der Waals surface area contributed by atoms with E-state index in [0.29, 0.717) is 0 Å². The molecule has 0 radical (unpaired) electrons. The van der Waals surface area contributed by atoms with Gasteiger partial charge in [-0.25, -0.2) is 0 Å². The van der Waals surface area contributed by atoms with Gasteiger partial charge in [0.15, 0.2) is 0 Å². The first-order chi connectivity index (χ1) is 10.7. The van der Waals surface area contributed by atoms with Gasteiger partial charge in [0.2, 0.25) is 0 Å². The van der Waals surface area contributed by atoms with Crippen molar-refractivity contribution in [3.63, 3.8) is 0 Å². The third-order valence-corrected chi connectivity index (χ3v) is 4.74.